The second-order valence-electron chi connectivity index (χ2n) is 3.65. The van der Waals surface area contributed by atoms with Crippen molar-refractivity contribution in [3.63, 3.8) is 0 Å². The Hall–Kier alpha value is -1.53. The minimum Gasteiger partial charge on any atom is -0.383 e. The van der Waals surface area contributed by atoms with Gasteiger partial charge in [0.25, 0.3) is 0 Å². The zero-order valence-electron chi connectivity index (χ0n) is 9.23. The molecule has 0 aliphatic heterocycles. The molecule has 0 aliphatic rings. The van der Waals surface area contributed by atoms with E-state index in [9.17, 15) is 0 Å². The molecule has 0 saturated carbocycles. The molecular weight excluding hydrogens is 282 g/mol. The maximum absolute atomic E-state index is 6.04. The number of halogens is 1. The molecule has 6 heteroatoms. The van der Waals surface area contributed by atoms with E-state index in [1.165, 1.54) is 0 Å². The normalized spacial score (nSPS) is 10.7. The first-order valence-electron chi connectivity index (χ1n) is 5.23. The largest absolute Gasteiger partial charge is 0.383 e. The van der Waals surface area contributed by atoms with Gasteiger partial charge in [0, 0.05) is 10.0 Å². The van der Waals surface area contributed by atoms with Gasteiger partial charge in [-0.2, -0.15) is 0 Å². The molecule has 0 radical (unpaired) electrons. The number of nitrogens with two attached hydrogens (primary N) is 3. The Morgan fingerprint density at radius 2 is 1.94 bits per heavy atom. The maximum atomic E-state index is 6.04. The lowest BCUT2D eigenvalue weighted by Gasteiger charge is -2.06. The van der Waals surface area contributed by atoms with Gasteiger partial charge in [0.05, 0.1) is 5.69 Å². The molecule has 0 unspecified atom stereocenters. The summed E-state index contributed by atoms with van der Waals surface area (Å²) in [5.41, 5.74) is 19.1. The highest BCUT2D eigenvalue weighted by molar-refractivity contribution is 9.10. The Labute approximate surface area is 108 Å². The third-order valence-electron chi connectivity index (χ3n) is 2.53. The Bertz CT molecular complexity index is 535. The van der Waals surface area contributed by atoms with Gasteiger partial charge in [-0.25, -0.2) is 4.68 Å². The molecule has 0 amide bonds. The fourth-order valence-corrected chi connectivity index (χ4v) is 2.14. The Morgan fingerprint density at radius 1 is 1.24 bits per heavy atom. The van der Waals surface area contributed by atoms with Gasteiger partial charge in [0.2, 0.25) is 0 Å². The molecule has 1 heterocycles. The number of para-hydroxylation sites is 1. The first kappa shape index (κ1) is 11.9. The van der Waals surface area contributed by atoms with Crippen molar-refractivity contribution in [2.45, 2.75) is 6.42 Å². The van der Waals surface area contributed by atoms with Gasteiger partial charge in [-0.15, -0.1) is 5.10 Å². The van der Waals surface area contributed by atoms with Gasteiger partial charge in [0.1, 0.15) is 5.82 Å². The van der Waals surface area contributed by atoms with Crippen molar-refractivity contribution in [1.29, 1.82) is 0 Å². The van der Waals surface area contributed by atoms with E-state index in [4.69, 9.17) is 17.2 Å². The molecule has 0 bridgehead atoms. The summed E-state index contributed by atoms with van der Waals surface area (Å²) in [7, 11) is 0. The van der Waals surface area contributed by atoms with Crippen molar-refractivity contribution >= 4 is 27.6 Å². The minimum atomic E-state index is 0.434. The van der Waals surface area contributed by atoms with Crippen molar-refractivity contribution < 1.29 is 0 Å². The highest BCUT2D eigenvalue weighted by atomic mass is 79.9. The van der Waals surface area contributed by atoms with Crippen molar-refractivity contribution in [1.82, 2.24) is 9.78 Å². The number of nitrogens with zero attached hydrogens (tertiary/aromatic N) is 2. The zero-order chi connectivity index (χ0) is 12.4. The minimum absolute atomic E-state index is 0.434. The second-order valence-corrected chi connectivity index (χ2v) is 4.51. The summed E-state index contributed by atoms with van der Waals surface area (Å²) in [6.45, 7) is 0.496. The van der Waals surface area contributed by atoms with Gasteiger partial charge in [-0.05, 0) is 41.0 Å². The number of hydrogen-bond acceptors (Lipinski definition) is 4. The molecule has 1 aromatic heterocycles. The number of nitrogen functional groups attached to an aromatic ring is 2. The third kappa shape index (κ3) is 2.13. The summed E-state index contributed by atoms with van der Waals surface area (Å²) in [4.78, 5) is 0. The number of aromatic nitrogens is 2. The van der Waals surface area contributed by atoms with Crippen LogP contribution >= 0.6 is 15.9 Å². The van der Waals surface area contributed by atoms with E-state index in [1.54, 1.807) is 4.68 Å². The smallest absolute Gasteiger partial charge is 0.151 e. The van der Waals surface area contributed by atoms with Gasteiger partial charge in [-0.1, -0.05) is 12.1 Å². The lowest BCUT2D eigenvalue weighted by atomic mass is 10.2. The number of anilines is 2. The Morgan fingerprint density at radius 3 is 2.59 bits per heavy atom. The molecule has 5 nitrogen and oxygen atoms in total. The number of hydrogen-bond donors (Lipinski definition) is 3. The fourth-order valence-electron chi connectivity index (χ4n) is 1.69. The van der Waals surface area contributed by atoms with Crippen LogP contribution in [0.3, 0.4) is 0 Å². The average Bonchev–Trinajstić information content (AvgIpc) is 2.58. The van der Waals surface area contributed by atoms with Crippen LogP contribution in [-0.4, -0.2) is 16.3 Å². The van der Waals surface area contributed by atoms with Crippen LogP contribution < -0.4 is 17.2 Å². The lowest BCUT2D eigenvalue weighted by Crippen LogP contribution is -2.07. The molecule has 0 saturated heterocycles. The van der Waals surface area contributed by atoms with E-state index < -0.39 is 0 Å². The van der Waals surface area contributed by atoms with Gasteiger partial charge in [0.15, 0.2) is 5.82 Å². The standard InChI is InChI=1S/C11H14BrN5/c12-8-3-1-2-4-9(8)17-11(15)7(5-6-13)10(14)16-17/h1-4H,5-6,13,15H2,(H2,14,16). The van der Waals surface area contributed by atoms with Crippen LogP contribution in [0, 0.1) is 0 Å². The van der Waals surface area contributed by atoms with E-state index in [0.29, 0.717) is 24.6 Å². The molecule has 90 valence electrons. The number of rotatable bonds is 3. The molecule has 1 aromatic carbocycles. The lowest BCUT2D eigenvalue weighted by molar-refractivity contribution is 0.891. The van der Waals surface area contributed by atoms with Crippen LogP contribution in [0.15, 0.2) is 28.7 Å². The van der Waals surface area contributed by atoms with Gasteiger partial charge in [-0.3, -0.25) is 0 Å². The molecule has 6 N–H and O–H groups in total. The summed E-state index contributed by atoms with van der Waals surface area (Å²) in [5, 5.41) is 4.24. The van der Waals surface area contributed by atoms with E-state index in [-0.39, 0.29) is 0 Å². The van der Waals surface area contributed by atoms with E-state index >= 15 is 0 Å². The first-order chi connectivity index (χ1) is 8.15. The van der Waals surface area contributed by atoms with Crippen LogP contribution in [0.1, 0.15) is 5.56 Å². The highest BCUT2D eigenvalue weighted by Gasteiger charge is 2.14. The van der Waals surface area contributed by atoms with Crippen molar-refractivity contribution in [3.05, 3.63) is 34.3 Å². The molecule has 17 heavy (non-hydrogen) atoms. The monoisotopic (exact) mass is 295 g/mol. The van der Waals surface area contributed by atoms with Crippen LogP contribution in [-0.2, 0) is 6.42 Å². The fraction of sp³-hybridized carbons (Fsp3) is 0.182. The summed E-state index contributed by atoms with van der Waals surface area (Å²) < 4.78 is 2.54. The molecule has 0 fully saturated rings. The van der Waals surface area contributed by atoms with Gasteiger partial charge >= 0.3 is 0 Å². The van der Waals surface area contributed by atoms with Crippen LogP contribution in [0.4, 0.5) is 11.6 Å². The van der Waals surface area contributed by atoms with Crippen molar-refractivity contribution in [2.75, 3.05) is 18.0 Å². The maximum Gasteiger partial charge on any atom is 0.151 e. The quantitative estimate of drug-likeness (QED) is 0.795. The summed E-state index contributed by atoms with van der Waals surface area (Å²) in [5.74, 6) is 0.976. The number of benzene rings is 1. The second kappa shape index (κ2) is 4.77. The van der Waals surface area contributed by atoms with E-state index in [1.807, 2.05) is 24.3 Å². The van der Waals surface area contributed by atoms with Crippen LogP contribution in [0.2, 0.25) is 0 Å². The Kier molecular flexibility index (Phi) is 3.35. The molecule has 0 aliphatic carbocycles. The van der Waals surface area contributed by atoms with E-state index in [0.717, 1.165) is 15.7 Å². The first-order valence-corrected chi connectivity index (χ1v) is 6.02. The highest BCUT2D eigenvalue weighted by Crippen LogP contribution is 2.27. The van der Waals surface area contributed by atoms with Crippen molar-refractivity contribution in [3.8, 4) is 5.69 Å². The predicted molar refractivity (Wildman–Crippen MR) is 72.8 cm³/mol. The summed E-state index contributed by atoms with van der Waals surface area (Å²) in [6.07, 6.45) is 0.627. The topological polar surface area (TPSA) is 95.9 Å². The zero-order valence-corrected chi connectivity index (χ0v) is 10.8. The van der Waals surface area contributed by atoms with Gasteiger partial charge < -0.3 is 17.2 Å². The summed E-state index contributed by atoms with van der Waals surface area (Å²) in [6, 6.07) is 7.69. The van der Waals surface area contributed by atoms with Crippen LogP contribution in [0.5, 0.6) is 0 Å². The molecule has 2 rings (SSSR count). The molecule has 0 spiro atoms. The SMILES string of the molecule is NCCc1c(N)nn(-c2ccccc2Br)c1N. The van der Waals surface area contributed by atoms with E-state index in [2.05, 4.69) is 21.0 Å². The molecule has 2 aromatic rings. The summed E-state index contributed by atoms with van der Waals surface area (Å²) >= 11 is 3.46. The predicted octanol–water partition coefficient (Wildman–Crippen LogP) is 1.30. The average molecular weight is 296 g/mol. The molecular formula is C11H14BrN5. The molecule has 0 atom stereocenters. The third-order valence-corrected chi connectivity index (χ3v) is 3.20. The Balaban J connectivity index is 2.54. The van der Waals surface area contributed by atoms with Crippen LogP contribution in [0.25, 0.3) is 5.69 Å². The van der Waals surface area contributed by atoms with Crippen molar-refractivity contribution in [2.24, 2.45) is 5.73 Å².